The maximum atomic E-state index is 11.7. The molecule has 5 heteroatoms. The minimum atomic E-state index is -0.609. The summed E-state index contributed by atoms with van der Waals surface area (Å²) in [5.41, 5.74) is 1.75. The standard InChI is InChI=1S/C15H21N3O2/c1-11-2-4-13(5-3-11)18-15(20)14(19)17-10-12-6-8-16-9-7-12/h2-5,12,16H,6-10H2,1H3,(H,17,19)(H,18,20). The Balaban J connectivity index is 1.76. The van der Waals surface area contributed by atoms with Gasteiger partial charge in [-0.1, -0.05) is 17.7 Å². The lowest BCUT2D eigenvalue weighted by atomic mass is 9.98. The van der Waals surface area contributed by atoms with Gasteiger partial charge >= 0.3 is 11.8 Å². The van der Waals surface area contributed by atoms with E-state index in [1.54, 1.807) is 12.1 Å². The zero-order chi connectivity index (χ0) is 14.4. The molecule has 0 radical (unpaired) electrons. The van der Waals surface area contributed by atoms with Crippen LogP contribution in [0.5, 0.6) is 0 Å². The van der Waals surface area contributed by atoms with E-state index in [2.05, 4.69) is 16.0 Å². The van der Waals surface area contributed by atoms with Gasteiger partial charge in [0.1, 0.15) is 0 Å². The summed E-state index contributed by atoms with van der Waals surface area (Å²) in [4.78, 5) is 23.5. The van der Waals surface area contributed by atoms with Crippen LogP contribution in [0.3, 0.4) is 0 Å². The summed E-state index contributed by atoms with van der Waals surface area (Å²) in [7, 11) is 0. The van der Waals surface area contributed by atoms with Crippen LogP contribution >= 0.6 is 0 Å². The molecule has 1 aliphatic rings. The van der Waals surface area contributed by atoms with Crippen LogP contribution in [0.2, 0.25) is 0 Å². The zero-order valence-electron chi connectivity index (χ0n) is 11.7. The van der Waals surface area contributed by atoms with Crippen molar-refractivity contribution in [1.82, 2.24) is 10.6 Å². The Labute approximate surface area is 119 Å². The van der Waals surface area contributed by atoms with E-state index in [-0.39, 0.29) is 0 Å². The van der Waals surface area contributed by atoms with Gasteiger partial charge in [-0.2, -0.15) is 0 Å². The second-order valence-corrected chi connectivity index (χ2v) is 5.22. The zero-order valence-corrected chi connectivity index (χ0v) is 11.7. The van der Waals surface area contributed by atoms with Gasteiger partial charge in [0.05, 0.1) is 0 Å². The molecular formula is C15H21N3O2. The molecule has 20 heavy (non-hydrogen) atoms. The molecule has 0 aromatic heterocycles. The van der Waals surface area contributed by atoms with Gasteiger partial charge in [0, 0.05) is 12.2 Å². The van der Waals surface area contributed by atoms with Crippen LogP contribution in [0.15, 0.2) is 24.3 Å². The van der Waals surface area contributed by atoms with E-state index in [9.17, 15) is 9.59 Å². The van der Waals surface area contributed by atoms with Crippen LogP contribution in [-0.4, -0.2) is 31.4 Å². The van der Waals surface area contributed by atoms with E-state index in [0.29, 0.717) is 18.2 Å². The molecule has 3 N–H and O–H groups in total. The molecule has 0 saturated carbocycles. The molecular weight excluding hydrogens is 254 g/mol. The fourth-order valence-corrected chi connectivity index (χ4v) is 2.23. The molecule has 1 heterocycles. The molecule has 0 atom stereocenters. The van der Waals surface area contributed by atoms with Crippen molar-refractivity contribution in [2.24, 2.45) is 5.92 Å². The minimum Gasteiger partial charge on any atom is -0.348 e. The summed E-state index contributed by atoms with van der Waals surface area (Å²) in [6, 6.07) is 7.35. The lowest BCUT2D eigenvalue weighted by molar-refractivity contribution is -0.136. The third-order valence-electron chi connectivity index (χ3n) is 3.53. The van der Waals surface area contributed by atoms with Crippen LogP contribution in [0.25, 0.3) is 0 Å². The van der Waals surface area contributed by atoms with Gasteiger partial charge in [0.15, 0.2) is 0 Å². The number of nitrogens with one attached hydrogen (secondary N) is 3. The van der Waals surface area contributed by atoms with Crippen molar-refractivity contribution in [3.63, 3.8) is 0 Å². The molecule has 2 rings (SSSR count). The molecule has 1 aromatic carbocycles. The first-order chi connectivity index (χ1) is 9.65. The van der Waals surface area contributed by atoms with Crippen molar-refractivity contribution in [3.05, 3.63) is 29.8 Å². The first-order valence-electron chi connectivity index (χ1n) is 7.02. The molecule has 0 bridgehead atoms. The number of piperidine rings is 1. The van der Waals surface area contributed by atoms with Crippen LogP contribution in [0, 0.1) is 12.8 Å². The molecule has 1 aromatic rings. The van der Waals surface area contributed by atoms with Crippen molar-refractivity contribution in [2.75, 3.05) is 25.0 Å². The maximum Gasteiger partial charge on any atom is 0.313 e. The second kappa shape index (κ2) is 7.05. The first-order valence-corrected chi connectivity index (χ1v) is 7.02. The van der Waals surface area contributed by atoms with Gasteiger partial charge in [0.25, 0.3) is 0 Å². The number of amides is 2. The molecule has 1 fully saturated rings. The van der Waals surface area contributed by atoms with Gasteiger partial charge in [0.2, 0.25) is 0 Å². The van der Waals surface area contributed by atoms with Gasteiger partial charge in [-0.05, 0) is 50.9 Å². The highest BCUT2D eigenvalue weighted by Gasteiger charge is 2.17. The number of carbonyl (C=O) groups excluding carboxylic acids is 2. The minimum absolute atomic E-state index is 0.465. The predicted octanol–water partition coefficient (Wildman–Crippen LogP) is 1.05. The van der Waals surface area contributed by atoms with Gasteiger partial charge in [-0.25, -0.2) is 0 Å². The molecule has 108 valence electrons. The number of anilines is 1. The van der Waals surface area contributed by atoms with Gasteiger partial charge in [-0.15, -0.1) is 0 Å². The average molecular weight is 275 g/mol. The van der Waals surface area contributed by atoms with Gasteiger partial charge < -0.3 is 16.0 Å². The van der Waals surface area contributed by atoms with Crippen LogP contribution < -0.4 is 16.0 Å². The normalized spacial score (nSPS) is 15.7. The number of rotatable bonds is 3. The van der Waals surface area contributed by atoms with Crippen LogP contribution in [0.4, 0.5) is 5.69 Å². The summed E-state index contributed by atoms with van der Waals surface area (Å²) in [5, 5.41) is 8.57. The summed E-state index contributed by atoms with van der Waals surface area (Å²) in [6.07, 6.45) is 2.08. The molecule has 0 unspecified atom stereocenters. The van der Waals surface area contributed by atoms with E-state index in [4.69, 9.17) is 0 Å². The third kappa shape index (κ3) is 4.35. The Morgan fingerprint density at radius 1 is 1.15 bits per heavy atom. The van der Waals surface area contributed by atoms with E-state index in [0.717, 1.165) is 31.5 Å². The molecule has 1 saturated heterocycles. The average Bonchev–Trinajstić information content (AvgIpc) is 2.48. The molecule has 2 amide bonds. The summed E-state index contributed by atoms with van der Waals surface area (Å²) >= 11 is 0. The Kier molecular flexibility index (Phi) is 5.12. The number of benzene rings is 1. The fourth-order valence-electron chi connectivity index (χ4n) is 2.23. The van der Waals surface area contributed by atoms with Crippen LogP contribution in [-0.2, 0) is 9.59 Å². The van der Waals surface area contributed by atoms with Crippen LogP contribution in [0.1, 0.15) is 18.4 Å². The van der Waals surface area contributed by atoms with E-state index < -0.39 is 11.8 Å². The van der Waals surface area contributed by atoms with Crippen molar-refractivity contribution < 1.29 is 9.59 Å². The predicted molar refractivity (Wildman–Crippen MR) is 78.4 cm³/mol. The quantitative estimate of drug-likeness (QED) is 0.722. The SMILES string of the molecule is Cc1ccc(NC(=O)C(=O)NCC2CCNCC2)cc1. The van der Waals surface area contributed by atoms with Crippen molar-refractivity contribution in [1.29, 1.82) is 0 Å². The number of hydrogen-bond donors (Lipinski definition) is 3. The van der Waals surface area contributed by atoms with E-state index >= 15 is 0 Å². The number of carbonyl (C=O) groups is 2. The van der Waals surface area contributed by atoms with Crippen molar-refractivity contribution in [2.45, 2.75) is 19.8 Å². The molecule has 5 nitrogen and oxygen atoms in total. The number of hydrogen-bond acceptors (Lipinski definition) is 3. The Bertz CT molecular complexity index is 465. The topological polar surface area (TPSA) is 70.2 Å². The maximum absolute atomic E-state index is 11.7. The highest BCUT2D eigenvalue weighted by atomic mass is 16.2. The largest absolute Gasteiger partial charge is 0.348 e. The van der Waals surface area contributed by atoms with Crippen molar-refractivity contribution in [3.8, 4) is 0 Å². The molecule has 0 spiro atoms. The highest BCUT2D eigenvalue weighted by Crippen LogP contribution is 2.10. The van der Waals surface area contributed by atoms with E-state index in [1.807, 2.05) is 19.1 Å². The highest BCUT2D eigenvalue weighted by molar-refractivity contribution is 6.39. The van der Waals surface area contributed by atoms with E-state index in [1.165, 1.54) is 0 Å². The first kappa shape index (κ1) is 14.5. The Morgan fingerprint density at radius 2 is 1.80 bits per heavy atom. The number of aryl methyl sites for hydroxylation is 1. The van der Waals surface area contributed by atoms with Crippen molar-refractivity contribution >= 4 is 17.5 Å². The molecule has 1 aliphatic heterocycles. The fraction of sp³-hybridized carbons (Fsp3) is 0.467. The van der Waals surface area contributed by atoms with Gasteiger partial charge in [-0.3, -0.25) is 9.59 Å². The molecule has 0 aliphatic carbocycles. The third-order valence-corrected chi connectivity index (χ3v) is 3.53. The summed E-state index contributed by atoms with van der Waals surface area (Å²) in [5.74, 6) is -0.709. The Hall–Kier alpha value is -1.88. The Morgan fingerprint density at radius 3 is 2.45 bits per heavy atom. The smallest absolute Gasteiger partial charge is 0.313 e. The lowest BCUT2D eigenvalue weighted by Crippen LogP contribution is -2.40. The summed E-state index contributed by atoms with van der Waals surface area (Å²) in [6.45, 7) is 4.51. The lowest BCUT2D eigenvalue weighted by Gasteiger charge is -2.22. The second-order valence-electron chi connectivity index (χ2n) is 5.22. The summed E-state index contributed by atoms with van der Waals surface area (Å²) < 4.78 is 0. The monoisotopic (exact) mass is 275 g/mol.